The van der Waals surface area contributed by atoms with E-state index in [0.717, 1.165) is 16.7 Å². The molecule has 0 radical (unpaired) electrons. The molecule has 0 aliphatic carbocycles. The molecule has 0 fully saturated rings. The van der Waals surface area contributed by atoms with Gasteiger partial charge in [0.05, 0.1) is 26.7 Å². The highest BCUT2D eigenvalue weighted by molar-refractivity contribution is 5.80. The molecule has 0 bridgehead atoms. The number of amides is 1. The molecule has 1 amide bonds. The lowest BCUT2D eigenvalue weighted by Gasteiger charge is -2.16. The molecule has 28 heavy (non-hydrogen) atoms. The average Bonchev–Trinajstić information content (AvgIpc) is 2.74. The first-order valence-electron chi connectivity index (χ1n) is 9.26. The van der Waals surface area contributed by atoms with E-state index in [1.165, 1.54) is 5.56 Å². The predicted molar refractivity (Wildman–Crippen MR) is 112 cm³/mol. The lowest BCUT2D eigenvalue weighted by Crippen LogP contribution is -2.28. The SMILES string of the molecule is COc1ccc(CC(=O)N[C@@H](C)c2ccc(-c3ccccc3)cc2)c(OC)c1. The van der Waals surface area contributed by atoms with Gasteiger partial charge in [0.2, 0.25) is 5.91 Å². The highest BCUT2D eigenvalue weighted by Gasteiger charge is 2.13. The molecule has 0 saturated carbocycles. The van der Waals surface area contributed by atoms with Crippen LogP contribution in [0.3, 0.4) is 0 Å². The van der Waals surface area contributed by atoms with Crippen molar-refractivity contribution in [2.45, 2.75) is 19.4 Å². The van der Waals surface area contributed by atoms with Crippen molar-refractivity contribution < 1.29 is 14.3 Å². The highest BCUT2D eigenvalue weighted by Crippen LogP contribution is 2.25. The minimum atomic E-state index is -0.0819. The molecule has 0 aromatic heterocycles. The Morgan fingerprint density at radius 1 is 0.893 bits per heavy atom. The van der Waals surface area contributed by atoms with Crippen LogP contribution in [0.4, 0.5) is 0 Å². The molecule has 0 saturated heterocycles. The van der Waals surface area contributed by atoms with Crippen molar-refractivity contribution in [1.29, 1.82) is 0 Å². The first-order valence-corrected chi connectivity index (χ1v) is 9.26. The fourth-order valence-electron chi connectivity index (χ4n) is 3.14. The quantitative estimate of drug-likeness (QED) is 0.646. The minimum absolute atomic E-state index is 0.0527. The van der Waals surface area contributed by atoms with Gasteiger partial charge in [0.25, 0.3) is 0 Å². The summed E-state index contributed by atoms with van der Waals surface area (Å²) in [6.45, 7) is 1.99. The largest absolute Gasteiger partial charge is 0.497 e. The topological polar surface area (TPSA) is 47.6 Å². The second-order valence-corrected chi connectivity index (χ2v) is 6.63. The Labute approximate surface area is 166 Å². The van der Waals surface area contributed by atoms with Gasteiger partial charge in [0.15, 0.2) is 0 Å². The number of hydrogen-bond acceptors (Lipinski definition) is 3. The van der Waals surface area contributed by atoms with Crippen molar-refractivity contribution in [3.05, 3.63) is 83.9 Å². The molecule has 0 aliphatic heterocycles. The maximum Gasteiger partial charge on any atom is 0.225 e. The lowest BCUT2D eigenvalue weighted by molar-refractivity contribution is -0.121. The molecule has 0 spiro atoms. The number of carbonyl (C=O) groups excluding carboxylic acids is 1. The van der Waals surface area contributed by atoms with Crippen LogP contribution in [0.2, 0.25) is 0 Å². The van der Waals surface area contributed by atoms with Gasteiger partial charge < -0.3 is 14.8 Å². The van der Waals surface area contributed by atoms with Gasteiger partial charge in [-0.2, -0.15) is 0 Å². The summed E-state index contributed by atoms with van der Waals surface area (Å²) in [6, 6.07) is 23.9. The zero-order chi connectivity index (χ0) is 19.9. The molecule has 3 rings (SSSR count). The lowest BCUT2D eigenvalue weighted by atomic mass is 10.0. The fourth-order valence-corrected chi connectivity index (χ4v) is 3.14. The Kier molecular flexibility index (Phi) is 6.33. The van der Waals surface area contributed by atoms with Crippen molar-refractivity contribution in [3.63, 3.8) is 0 Å². The van der Waals surface area contributed by atoms with E-state index in [0.29, 0.717) is 11.5 Å². The summed E-state index contributed by atoms with van der Waals surface area (Å²) in [4.78, 5) is 12.5. The van der Waals surface area contributed by atoms with E-state index in [2.05, 4.69) is 41.7 Å². The van der Waals surface area contributed by atoms with Gasteiger partial charge in [-0.05, 0) is 29.7 Å². The predicted octanol–water partition coefficient (Wildman–Crippen LogP) is 4.79. The zero-order valence-electron chi connectivity index (χ0n) is 16.4. The van der Waals surface area contributed by atoms with E-state index < -0.39 is 0 Å². The Hall–Kier alpha value is -3.27. The van der Waals surface area contributed by atoms with Crippen LogP contribution in [0.15, 0.2) is 72.8 Å². The third-order valence-electron chi connectivity index (χ3n) is 4.74. The average molecular weight is 375 g/mol. The molecule has 1 N–H and O–H groups in total. The standard InChI is InChI=1S/C24H25NO3/c1-17(18-9-11-20(12-10-18)19-7-5-4-6-8-19)25-24(26)15-21-13-14-22(27-2)16-23(21)28-3/h4-14,16-17H,15H2,1-3H3,(H,25,26)/t17-/m0/s1. The maximum atomic E-state index is 12.5. The Bertz CT molecular complexity index is 920. The number of carbonyl (C=O) groups is 1. The number of benzene rings is 3. The Morgan fingerprint density at radius 3 is 2.21 bits per heavy atom. The third kappa shape index (κ3) is 4.71. The molecule has 144 valence electrons. The normalized spacial score (nSPS) is 11.5. The van der Waals surface area contributed by atoms with Gasteiger partial charge in [-0.15, -0.1) is 0 Å². The summed E-state index contributed by atoms with van der Waals surface area (Å²) in [7, 11) is 3.19. The molecule has 1 atom stereocenters. The van der Waals surface area contributed by atoms with Gasteiger partial charge in [0, 0.05) is 11.6 Å². The number of hydrogen-bond donors (Lipinski definition) is 1. The highest BCUT2D eigenvalue weighted by atomic mass is 16.5. The minimum Gasteiger partial charge on any atom is -0.497 e. The van der Waals surface area contributed by atoms with Crippen LogP contribution in [0.5, 0.6) is 11.5 Å². The third-order valence-corrected chi connectivity index (χ3v) is 4.74. The summed E-state index contributed by atoms with van der Waals surface area (Å²) in [6.07, 6.45) is 0.250. The number of nitrogens with one attached hydrogen (secondary N) is 1. The van der Waals surface area contributed by atoms with Crippen LogP contribution in [0, 0.1) is 0 Å². The molecule has 0 aliphatic rings. The van der Waals surface area contributed by atoms with E-state index in [9.17, 15) is 4.79 Å². The van der Waals surface area contributed by atoms with Crippen molar-refractivity contribution in [2.24, 2.45) is 0 Å². The summed E-state index contributed by atoms with van der Waals surface area (Å²) < 4.78 is 10.6. The summed E-state index contributed by atoms with van der Waals surface area (Å²) >= 11 is 0. The molecule has 4 nitrogen and oxygen atoms in total. The summed E-state index contributed by atoms with van der Waals surface area (Å²) in [5.41, 5.74) is 4.23. The molecular formula is C24H25NO3. The van der Waals surface area contributed by atoms with Gasteiger partial charge in [-0.3, -0.25) is 4.79 Å². The van der Waals surface area contributed by atoms with Crippen molar-refractivity contribution in [2.75, 3.05) is 14.2 Å². The van der Waals surface area contributed by atoms with Gasteiger partial charge >= 0.3 is 0 Å². The molecule has 0 unspecified atom stereocenters. The van der Waals surface area contributed by atoms with E-state index in [-0.39, 0.29) is 18.4 Å². The van der Waals surface area contributed by atoms with Crippen molar-refractivity contribution in [1.82, 2.24) is 5.32 Å². The van der Waals surface area contributed by atoms with E-state index in [1.807, 2.05) is 37.3 Å². The second kappa shape index (κ2) is 9.09. The van der Waals surface area contributed by atoms with Crippen LogP contribution in [-0.2, 0) is 11.2 Å². The zero-order valence-corrected chi connectivity index (χ0v) is 16.4. The van der Waals surface area contributed by atoms with Gasteiger partial charge in [0.1, 0.15) is 11.5 Å². The second-order valence-electron chi connectivity index (χ2n) is 6.63. The smallest absolute Gasteiger partial charge is 0.225 e. The number of rotatable bonds is 7. The molecule has 3 aromatic carbocycles. The van der Waals surface area contributed by atoms with Crippen LogP contribution < -0.4 is 14.8 Å². The fraction of sp³-hybridized carbons (Fsp3) is 0.208. The maximum absolute atomic E-state index is 12.5. The number of ether oxygens (including phenoxy) is 2. The monoisotopic (exact) mass is 375 g/mol. The number of methoxy groups -OCH3 is 2. The summed E-state index contributed by atoms with van der Waals surface area (Å²) in [5, 5.41) is 3.06. The van der Waals surface area contributed by atoms with Gasteiger partial charge in [-0.25, -0.2) is 0 Å². The van der Waals surface area contributed by atoms with Crippen LogP contribution in [0.25, 0.3) is 11.1 Å². The molecule has 0 heterocycles. The van der Waals surface area contributed by atoms with E-state index in [4.69, 9.17) is 9.47 Å². The van der Waals surface area contributed by atoms with Crippen molar-refractivity contribution >= 4 is 5.91 Å². The molecular weight excluding hydrogens is 350 g/mol. The van der Waals surface area contributed by atoms with Crippen LogP contribution in [-0.4, -0.2) is 20.1 Å². The summed E-state index contributed by atoms with van der Waals surface area (Å²) in [5.74, 6) is 1.30. The molecule has 3 aromatic rings. The van der Waals surface area contributed by atoms with E-state index in [1.54, 1.807) is 20.3 Å². The van der Waals surface area contributed by atoms with Gasteiger partial charge in [-0.1, -0.05) is 60.7 Å². The molecule has 4 heteroatoms. The van der Waals surface area contributed by atoms with E-state index >= 15 is 0 Å². The Balaban J connectivity index is 1.64. The Morgan fingerprint density at radius 2 is 1.57 bits per heavy atom. The van der Waals surface area contributed by atoms with Crippen molar-refractivity contribution in [3.8, 4) is 22.6 Å². The van der Waals surface area contributed by atoms with Crippen LogP contribution in [0.1, 0.15) is 24.1 Å². The van der Waals surface area contributed by atoms with Crippen LogP contribution >= 0.6 is 0 Å². The first-order chi connectivity index (χ1) is 13.6. The first kappa shape index (κ1) is 19.5.